The van der Waals surface area contributed by atoms with Crippen molar-refractivity contribution in [2.45, 2.75) is 20.0 Å². The van der Waals surface area contributed by atoms with Crippen LogP contribution in [-0.2, 0) is 17.9 Å². The number of methoxy groups -OCH3 is 1. The van der Waals surface area contributed by atoms with Crippen molar-refractivity contribution in [3.63, 3.8) is 0 Å². The van der Waals surface area contributed by atoms with Gasteiger partial charge >= 0.3 is 0 Å². The molecule has 0 unspecified atom stereocenters. The van der Waals surface area contributed by atoms with Gasteiger partial charge in [-0.05, 0) is 41.5 Å². The molecule has 0 aliphatic carbocycles. The van der Waals surface area contributed by atoms with Gasteiger partial charge in [0.25, 0.3) is 5.56 Å². The Labute approximate surface area is 216 Å². The van der Waals surface area contributed by atoms with Crippen LogP contribution >= 0.6 is 11.6 Å². The molecule has 37 heavy (non-hydrogen) atoms. The molecule has 1 atom stereocenters. The lowest BCUT2D eigenvalue weighted by Crippen LogP contribution is -2.32. The lowest BCUT2D eigenvalue weighted by atomic mass is 10.0. The number of carbonyl (C=O) groups is 1. The van der Waals surface area contributed by atoms with Gasteiger partial charge < -0.3 is 15.4 Å². The molecule has 2 heterocycles. The predicted molar refractivity (Wildman–Crippen MR) is 138 cm³/mol. The topological polar surface area (TPSA) is 98.1 Å². The first-order chi connectivity index (χ1) is 17.7. The fraction of sp³-hybridized carbons (Fsp3) is 0.231. The smallest absolute Gasteiger partial charge is 0.261 e. The molecular formula is C26H24ClF2N5O3. The van der Waals surface area contributed by atoms with Gasteiger partial charge in [-0.2, -0.15) is 0 Å². The number of nitrogens with one attached hydrogen (secondary N) is 2. The fourth-order valence-electron chi connectivity index (χ4n) is 3.90. The highest BCUT2D eigenvalue weighted by Gasteiger charge is 2.17. The summed E-state index contributed by atoms with van der Waals surface area (Å²) in [6.45, 7) is 2.03. The molecule has 0 saturated carbocycles. The molecule has 2 aromatic carbocycles. The lowest BCUT2D eigenvalue weighted by molar-refractivity contribution is -0.124. The van der Waals surface area contributed by atoms with E-state index in [2.05, 4.69) is 20.6 Å². The second-order valence-electron chi connectivity index (χ2n) is 8.44. The summed E-state index contributed by atoms with van der Waals surface area (Å²) < 4.78 is 35.0. The molecular weight excluding hydrogens is 504 g/mol. The number of ether oxygens (including phenoxy) is 1. The highest BCUT2D eigenvalue weighted by molar-refractivity contribution is 6.31. The molecule has 2 N–H and O–H groups in total. The van der Waals surface area contributed by atoms with Crippen molar-refractivity contribution >= 4 is 34.1 Å². The minimum atomic E-state index is -0.667. The van der Waals surface area contributed by atoms with Crippen molar-refractivity contribution in [3.8, 4) is 17.0 Å². The molecule has 1 amide bonds. The maximum atomic E-state index is 15.0. The zero-order valence-corrected chi connectivity index (χ0v) is 21.1. The van der Waals surface area contributed by atoms with Gasteiger partial charge in [0.15, 0.2) is 0 Å². The second kappa shape index (κ2) is 10.9. The Morgan fingerprint density at radius 2 is 1.95 bits per heavy atom. The van der Waals surface area contributed by atoms with Crippen LogP contribution in [0.15, 0.2) is 53.7 Å². The zero-order valence-electron chi connectivity index (χ0n) is 20.3. The van der Waals surface area contributed by atoms with Crippen LogP contribution in [0.1, 0.15) is 12.5 Å². The molecule has 4 rings (SSSR count). The van der Waals surface area contributed by atoms with E-state index in [4.69, 9.17) is 16.3 Å². The third-order valence-electron chi connectivity index (χ3n) is 5.91. The number of hydrogen-bond acceptors (Lipinski definition) is 6. The largest absolute Gasteiger partial charge is 0.480 e. The normalized spacial score (nSPS) is 11.8. The number of carbonyl (C=O) groups excluding carboxylic acids is 1. The van der Waals surface area contributed by atoms with E-state index in [1.807, 2.05) is 0 Å². The number of rotatable bonds is 8. The van der Waals surface area contributed by atoms with Gasteiger partial charge in [0, 0.05) is 36.9 Å². The Bertz CT molecular complexity index is 1540. The first-order valence-electron chi connectivity index (χ1n) is 11.3. The molecule has 0 fully saturated rings. The van der Waals surface area contributed by atoms with E-state index in [1.54, 1.807) is 25.1 Å². The summed E-state index contributed by atoms with van der Waals surface area (Å²) in [7, 11) is 2.98. The zero-order chi connectivity index (χ0) is 26.7. The number of pyridine rings is 1. The van der Waals surface area contributed by atoms with Gasteiger partial charge in [0.1, 0.15) is 17.2 Å². The van der Waals surface area contributed by atoms with Gasteiger partial charge in [-0.25, -0.2) is 18.7 Å². The molecule has 0 aliphatic rings. The van der Waals surface area contributed by atoms with Crippen LogP contribution in [-0.4, -0.2) is 34.6 Å². The van der Waals surface area contributed by atoms with E-state index in [0.29, 0.717) is 22.4 Å². The minimum absolute atomic E-state index is 0.0663. The van der Waals surface area contributed by atoms with Gasteiger partial charge in [-0.1, -0.05) is 24.6 Å². The quantitative estimate of drug-likeness (QED) is 0.353. The minimum Gasteiger partial charge on any atom is -0.480 e. The van der Waals surface area contributed by atoms with Crippen LogP contribution in [0.3, 0.4) is 0 Å². The first-order valence-corrected chi connectivity index (χ1v) is 11.7. The second-order valence-corrected chi connectivity index (χ2v) is 8.85. The number of amides is 1. The molecule has 0 spiro atoms. The average molecular weight is 528 g/mol. The monoisotopic (exact) mass is 527 g/mol. The number of fused-ring (bicyclic) bond motifs is 1. The Morgan fingerprint density at radius 3 is 2.65 bits per heavy atom. The SMILES string of the molecule is CNC(=O)[C@H](C)Cn1cnc2c(F)cc(-c3cnc(OC)c(NCc4ccc(F)cc4Cl)c3)cc2c1=O. The highest BCUT2D eigenvalue weighted by Crippen LogP contribution is 2.31. The lowest BCUT2D eigenvalue weighted by Gasteiger charge is -2.14. The molecule has 0 aliphatic heterocycles. The number of nitrogens with zero attached hydrogens (tertiary/aromatic N) is 3. The Balaban J connectivity index is 1.70. The van der Waals surface area contributed by atoms with Crippen LogP contribution in [0.4, 0.5) is 14.5 Å². The van der Waals surface area contributed by atoms with E-state index in [-0.39, 0.29) is 40.8 Å². The Kier molecular flexibility index (Phi) is 7.68. The molecule has 2 aromatic heterocycles. The van der Waals surface area contributed by atoms with Crippen LogP contribution in [0, 0.1) is 17.6 Å². The van der Waals surface area contributed by atoms with Crippen molar-refractivity contribution in [1.82, 2.24) is 19.9 Å². The van der Waals surface area contributed by atoms with Gasteiger partial charge in [-0.15, -0.1) is 0 Å². The summed E-state index contributed by atoms with van der Waals surface area (Å²) in [5.74, 6) is -1.53. The molecule has 8 nitrogen and oxygen atoms in total. The summed E-state index contributed by atoms with van der Waals surface area (Å²) >= 11 is 6.13. The fourth-order valence-corrected chi connectivity index (χ4v) is 4.14. The maximum absolute atomic E-state index is 15.0. The van der Waals surface area contributed by atoms with Crippen LogP contribution in [0.2, 0.25) is 5.02 Å². The standard InChI is InChI=1S/C26H24ClF2N5O3/c1-14(24(35)30-2)12-34-13-33-23-19(26(34)36)6-16(7-21(23)29)17-8-22(25(37-3)32-11-17)31-10-15-4-5-18(28)9-20(15)27/h4-9,11,13-14,31H,10,12H2,1-3H3,(H,30,35)/t14-/m1/s1. The molecule has 4 aromatic rings. The van der Waals surface area contributed by atoms with Gasteiger partial charge in [0.2, 0.25) is 11.8 Å². The first kappa shape index (κ1) is 26.0. The Hall–Kier alpha value is -4.05. The van der Waals surface area contributed by atoms with Crippen molar-refractivity contribution in [2.75, 3.05) is 19.5 Å². The number of halogens is 3. The third-order valence-corrected chi connectivity index (χ3v) is 6.26. The predicted octanol–water partition coefficient (Wildman–Crippen LogP) is 4.39. The number of anilines is 1. The van der Waals surface area contributed by atoms with E-state index in [1.165, 1.54) is 49.4 Å². The molecule has 192 valence electrons. The third kappa shape index (κ3) is 5.54. The highest BCUT2D eigenvalue weighted by atomic mass is 35.5. The summed E-state index contributed by atoms with van der Waals surface area (Å²) in [5, 5.41) is 6.04. The van der Waals surface area contributed by atoms with E-state index in [9.17, 15) is 14.0 Å². The van der Waals surface area contributed by atoms with Crippen molar-refractivity contribution in [2.24, 2.45) is 5.92 Å². The molecule has 0 radical (unpaired) electrons. The summed E-state index contributed by atoms with van der Waals surface area (Å²) in [6.07, 6.45) is 2.74. The van der Waals surface area contributed by atoms with Crippen LogP contribution in [0.25, 0.3) is 22.0 Å². The Morgan fingerprint density at radius 1 is 1.16 bits per heavy atom. The van der Waals surface area contributed by atoms with E-state index < -0.39 is 23.1 Å². The van der Waals surface area contributed by atoms with E-state index in [0.717, 1.165) is 0 Å². The van der Waals surface area contributed by atoms with Crippen molar-refractivity contribution in [3.05, 3.63) is 81.5 Å². The molecule has 0 bridgehead atoms. The van der Waals surface area contributed by atoms with Crippen molar-refractivity contribution < 1.29 is 18.3 Å². The van der Waals surface area contributed by atoms with Crippen molar-refractivity contribution in [1.29, 1.82) is 0 Å². The summed E-state index contributed by atoms with van der Waals surface area (Å²) in [4.78, 5) is 33.4. The molecule has 11 heteroatoms. The summed E-state index contributed by atoms with van der Waals surface area (Å²) in [5.41, 5.74) is 1.53. The molecule has 0 saturated heterocycles. The summed E-state index contributed by atoms with van der Waals surface area (Å²) in [6, 6.07) is 8.61. The average Bonchev–Trinajstić information content (AvgIpc) is 2.89. The maximum Gasteiger partial charge on any atom is 0.261 e. The van der Waals surface area contributed by atoms with Gasteiger partial charge in [-0.3, -0.25) is 14.2 Å². The van der Waals surface area contributed by atoms with Crippen LogP contribution in [0.5, 0.6) is 5.88 Å². The van der Waals surface area contributed by atoms with Crippen LogP contribution < -0.4 is 20.9 Å². The van der Waals surface area contributed by atoms with E-state index >= 15 is 4.39 Å². The number of benzene rings is 2. The number of aromatic nitrogens is 3. The number of hydrogen-bond donors (Lipinski definition) is 2. The van der Waals surface area contributed by atoms with Gasteiger partial charge in [0.05, 0.1) is 30.4 Å².